The topological polar surface area (TPSA) is 68.9 Å². The van der Waals surface area contributed by atoms with Gasteiger partial charge < -0.3 is 19.0 Å². The van der Waals surface area contributed by atoms with Gasteiger partial charge in [0.15, 0.2) is 0 Å². The fourth-order valence-corrected chi connectivity index (χ4v) is 2.44. The average molecular weight is 312 g/mol. The van der Waals surface area contributed by atoms with Gasteiger partial charge in [0.25, 0.3) is 0 Å². The number of ether oxygens (including phenoxy) is 2. The Morgan fingerprint density at radius 3 is 2.48 bits per heavy atom. The fraction of sp³-hybridized carbons (Fsp3) is 0.167. The van der Waals surface area contributed by atoms with Crippen LogP contribution in [0.3, 0.4) is 0 Å². The van der Waals surface area contributed by atoms with Gasteiger partial charge in [0, 0.05) is 5.39 Å². The van der Waals surface area contributed by atoms with E-state index >= 15 is 0 Å². The summed E-state index contributed by atoms with van der Waals surface area (Å²) in [6.07, 6.45) is 0. The van der Waals surface area contributed by atoms with Gasteiger partial charge in [-0.05, 0) is 42.8 Å². The highest BCUT2D eigenvalue weighted by Crippen LogP contribution is 2.29. The van der Waals surface area contributed by atoms with E-state index in [9.17, 15) is 9.90 Å². The molecular weight excluding hydrogens is 296 g/mol. The number of fused-ring (bicyclic) bond motifs is 1. The lowest BCUT2D eigenvalue weighted by Gasteiger charge is -2.07. The van der Waals surface area contributed by atoms with E-state index in [0.717, 1.165) is 11.3 Å². The first-order valence-corrected chi connectivity index (χ1v) is 7.10. The van der Waals surface area contributed by atoms with Gasteiger partial charge in [-0.2, -0.15) is 0 Å². The molecule has 0 radical (unpaired) electrons. The van der Waals surface area contributed by atoms with Crippen LogP contribution >= 0.6 is 0 Å². The molecule has 23 heavy (non-hydrogen) atoms. The molecule has 0 unspecified atom stereocenters. The number of benzene rings is 2. The highest BCUT2D eigenvalue weighted by atomic mass is 16.5. The van der Waals surface area contributed by atoms with Crippen LogP contribution < -0.4 is 9.47 Å². The third kappa shape index (κ3) is 2.99. The summed E-state index contributed by atoms with van der Waals surface area (Å²) in [5.74, 6) is 0.764. The largest absolute Gasteiger partial charge is 0.497 e. The summed E-state index contributed by atoms with van der Waals surface area (Å²) in [5, 5.41) is 9.83. The summed E-state index contributed by atoms with van der Waals surface area (Å²) >= 11 is 0. The molecule has 0 saturated carbocycles. The molecule has 1 N–H and O–H groups in total. The van der Waals surface area contributed by atoms with E-state index in [-0.39, 0.29) is 5.56 Å². The van der Waals surface area contributed by atoms with Gasteiger partial charge in [-0.15, -0.1) is 0 Å². The number of aromatic carboxylic acids is 1. The number of furan rings is 1. The van der Waals surface area contributed by atoms with Crippen molar-refractivity contribution in [3.8, 4) is 11.5 Å². The lowest BCUT2D eigenvalue weighted by molar-refractivity contribution is 0.0697. The molecule has 0 fully saturated rings. The molecule has 1 heterocycles. The SMILES string of the molecule is COc1ccc(COc2ccc3oc(C)c(C(=O)O)c3c2)cc1. The molecule has 0 aliphatic rings. The van der Waals surface area contributed by atoms with Crippen LogP contribution in [0, 0.1) is 6.92 Å². The highest BCUT2D eigenvalue weighted by molar-refractivity contribution is 6.03. The summed E-state index contributed by atoms with van der Waals surface area (Å²) in [4.78, 5) is 11.3. The third-order valence-corrected chi connectivity index (χ3v) is 3.61. The number of aryl methyl sites for hydroxylation is 1. The Morgan fingerprint density at radius 1 is 1.13 bits per heavy atom. The van der Waals surface area contributed by atoms with Crippen LogP contribution in [-0.4, -0.2) is 18.2 Å². The minimum Gasteiger partial charge on any atom is -0.497 e. The van der Waals surface area contributed by atoms with E-state index in [4.69, 9.17) is 13.9 Å². The van der Waals surface area contributed by atoms with Crippen molar-refractivity contribution in [1.82, 2.24) is 0 Å². The first-order chi connectivity index (χ1) is 11.1. The van der Waals surface area contributed by atoms with E-state index in [1.807, 2.05) is 24.3 Å². The molecule has 0 spiro atoms. The molecule has 0 aliphatic heterocycles. The molecule has 3 rings (SSSR count). The number of rotatable bonds is 5. The maximum absolute atomic E-state index is 11.3. The van der Waals surface area contributed by atoms with E-state index in [1.54, 1.807) is 32.2 Å². The number of hydrogen-bond donors (Lipinski definition) is 1. The lowest BCUT2D eigenvalue weighted by atomic mass is 10.1. The molecule has 0 atom stereocenters. The van der Waals surface area contributed by atoms with Crippen molar-refractivity contribution in [2.24, 2.45) is 0 Å². The summed E-state index contributed by atoms with van der Waals surface area (Å²) in [6.45, 7) is 2.02. The summed E-state index contributed by atoms with van der Waals surface area (Å²) < 4.78 is 16.3. The van der Waals surface area contributed by atoms with Crippen LogP contribution in [0.1, 0.15) is 21.7 Å². The zero-order valence-corrected chi connectivity index (χ0v) is 12.8. The first kappa shape index (κ1) is 15.0. The quantitative estimate of drug-likeness (QED) is 0.770. The zero-order chi connectivity index (χ0) is 16.4. The predicted molar refractivity (Wildman–Crippen MR) is 85.2 cm³/mol. The predicted octanol–water partition coefficient (Wildman–Crippen LogP) is 4.03. The Morgan fingerprint density at radius 2 is 1.83 bits per heavy atom. The number of carboxylic acids is 1. The normalized spacial score (nSPS) is 10.7. The van der Waals surface area contributed by atoms with Gasteiger partial charge in [-0.1, -0.05) is 12.1 Å². The minimum absolute atomic E-state index is 0.176. The number of carbonyl (C=O) groups is 1. The van der Waals surface area contributed by atoms with Crippen molar-refractivity contribution >= 4 is 16.9 Å². The van der Waals surface area contributed by atoms with Crippen LogP contribution in [0.5, 0.6) is 11.5 Å². The molecule has 0 amide bonds. The molecule has 0 bridgehead atoms. The lowest BCUT2D eigenvalue weighted by Crippen LogP contribution is -1.98. The van der Waals surface area contributed by atoms with Crippen molar-refractivity contribution in [2.45, 2.75) is 13.5 Å². The molecule has 5 heteroatoms. The Kier molecular flexibility index (Phi) is 3.93. The van der Waals surface area contributed by atoms with Gasteiger partial charge in [-0.25, -0.2) is 4.79 Å². The second kappa shape index (κ2) is 6.04. The first-order valence-electron chi connectivity index (χ1n) is 7.10. The van der Waals surface area contributed by atoms with E-state index < -0.39 is 5.97 Å². The van der Waals surface area contributed by atoms with Crippen LogP contribution in [0.4, 0.5) is 0 Å². The maximum Gasteiger partial charge on any atom is 0.339 e. The molecule has 0 aliphatic carbocycles. The van der Waals surface area contributed by atoms with Gasteiger partial charge in [0.1, 0.15) is 35.0 Å². The van der Waals surface area contributed by atoms with E-state index in [0.29, 0.717) is 29.1 Å². The summed E-state index contributed by atoms with van der Waals surface area (Å²) in [5.41, 5.74) is 1.71. The Bertz CT molecular complexity index is 846. The van der Waals surface area contributed by atoms with Crippen molar-refractivity contribution < 1.29 is 23.8 Å². The van der Waals surface area contributed by atoms with Crippen molar-refractivity contribution in [1.29, 1.82) is 0 Å². The van der Waals surface area contributed by atoms with Crippen molar-refractivity contribution in [2.75, 3.05) is 7.11 Å². The van der Waals surface area contributed by atoms with Crippen molar-refractivity contribution in [3.05, 3.63) is 59.4 Å². The Labute approximate surface area is 133 Å². The number of carboxylic acid groups (broad SMARTS) is 1. The smallest absolute Gasteiger partial charge is 0.339 e. The van der Waals surface area contributed by atoms with Gasteiger partial charge >= 0.3 is 5.97 Å². The number of methoxy groups -OCH3 is 1. The number of hydrogen-bond acceptors (Lipinski definition) is 4. The Balaban J connectivity index is 1.82. The molecule has 0 saturated heterocycles. The molecule has 118 valence electrons. The van der Waals surface area contributed by atoms with Crippen LogP contribution in [0.2, 0.25) is 0 Å². The fourth-order valence-electron chi connectivity index (χ4n) is 2.44. The third-order valence-electron chi connectivity index (χ3n) is 3.61. The maximum atomic E-state index is 11.3. The average Bonchev–Trinajstić information content (AvgIpc) is 2.88. The zero-order valence-electron chi connectivity index (χ0n) is 12.8. The second-order valence-electron chi connectivity index (χ2n) is 5.13. The van der Waals surface area contributed by atoms with Crippen molar-refractivity contribution in [3.63, 3.8) is 0 Å². The van der Waals surface area contributed by atoms with Crippen LogP contribution in [-0.2, 0) is 6.61 Å². The van der Waals surface area contributed by atoms with Gasteiger partial charge in [-0.3, -0.25) is 0 Å². The van der Waals surface area contributed by atoms with Gasteiger partial charge in [0.2, 0.25) is 0 Å². The van der Waals surface area contributed by atoms with Gasteiger partial charge in [0.05, 0.1) is 7.11 Å². The van der Waals surface area contributed by atoms with Crippen LogP contribution in [0.25, 0.3) is 11.0 Å². The summed E-state index contributed by atoms with van der Waals surface area (Å²) in [6, 6.07) is 12.7. The second-order valence-corrected chi connectivity index (χ2v) is 5.13. The highest BCUT2D eigenvalue weighted by Gasteiger charge is 2.17. The summed E-state index contributed by atoms with van der Waals surface area (Å²) in [7, 11) is 1.62. The standard InChI is InChI=1S/C18H16O5/c1-11-17(18(19)20)15-9-14(7-8-16(15)23-11)22-10-12-3-5-13(21-2)6-4-12/h3-9H,10H2,1-2H3,(H,19,20). The molecular formula is C18H16O5. The molecule has 2 aromatic carbocycles. The Hall–Kier alpha value is -2.95. The molecule has 5 nitrogen and oxygen atoms in total. The monoisotopic (exact) mass is 312 g/mol. The minimum atomic E-state index is -1.01. The molecule has 1 aromatic heterocycles. The van der Waals surface area contributed by atoms with E-state index in [2.05, 4.69) is 0 Å². The van der Waals surface area contributed by atoms with E-state index in [1.165, 1.54) is 0 Å². The van der Waals surface area contributed by atoms with Crippen LogP contribution in [0.15, 0.2) is 46.9 Å². The molecule has 3 aromatic rings.